The predicted molar refractivity (Wildman–Crippen MR) is 53.4 cm³/mol. The minimum absolute atomic E-state index is 0.426. The molecular weight excluding hydrogens is 194 g/mol. The van der Waals surface area contributed by atoms with E-state index in [9.17, 15) is 0 Å². The number of rotatable bonds is 3. The molecule has 0 aliphatic heterocycles. The Morgan fingerprint density at radius 3 is 2.73 bits per heavy atom. The van der Waals surface area contributed by atoms with E-state index in [4.69, 9.17) is 9.15 Å². The van der Waals surface area contributed by atoms with E-state index in [0.717, 1.165) is 5.75 Å². The summed E-state index contributed by atoms with van der Waals surface area (Å²) in [7, 11) is 0. The lowest BCUT2D eigenvalue weighted by Gasteiger charge is -2.01. The third kappa shape index (κ3) is 2.12. The van der Waals surface area contributed by atoms with Gasteiger partial charge in [0, 0.05) is 6.92 Å². The van der Waals surface area contributed by atoms with E-state index in [2.05, 4.69) is 15.2 Å². The lowest BCUT2D eigenvalue weighted by Crippen LogP contribution is -1.92. The van der Waals surface area contributed by atoms with Crippen molar-refractivity contribution in [3.8, 4) is 17.3 Å². The van der Waals surface area contributed by atoms with Crippen molar-refractivity contribution in [2.75, 3.05) is 6.61 Å². The predicted octanol–water partition coefficient (Wildman–Crippen LogP) is 1.84. The number of aryl methyl sites for hydroxylation is 1. The van der Waals surface area contributed by atoms with Gasteiger partial charge in [0.05, 0.1) is 12.8 Å². The smallest absolute Gasteiger partial charge is 0.266 e. The SMILES string of the molecule is CCOc1ccc(-c2nnc(C)o2)nc1. The van der Waals surface area contributed by atoms with Crippen molar-refractivity contribution in [2.24, 2.45) is 0 Å². The normalized spacial score (nSPS) is 10.3. The van der Waals surface area contributed by atoms with Crippen LogP contribution in [0.1, 0.15) is 12.8 Å². The molecule has 78 valence electrons. The highest BCUT2D eigenvalue weighted by Gasteiger charge is 2.06. The van der Waals surface area contributed by atoms with Gasteiger partial charge in [-0.1, -0.05) is 0 Å². The second kappa shape index (κ2) is 4.08. The molecule has 2 aromatic heterocycles. The lowest BCUT2D eigenvalue weighted by molar-refractivity contribution is 0.339. The summed E-state index contributed by atoms with van der Waals surface area (Å²) in [6, 6.07) is 3.61. The minimum atomic E-state index is 0.426. The first-order valence-electron chi connectivity index (χ1n) is 4.69. The molecule has 0 aromatic carbocycles. The van der Waals surface area contributed by atoms with Crippen molar-refractivity contribution < 1.29 is 9.15 Å². The average Bonchev–Trinajstić information content (AvgIpc) is 2.67. The summed E-state index contributed by atoms with van der Waals surface area (Å²) in [5.41, 5.74) is 0.652. The highest BCUT2D eigenvalue weighted by molar-refractivity contribution is 5.46. The van der Waals surface area contributed by atoms with Crippen molar-refractivity contribution in [3.05, 3.63) is 24.2 Å². The molecule has 0 radical (unpaired) electrons. The first-order valence-corrected chi connectivity index (χ1v) is 4.69. The van der Waals surface area contributed by atoms with Gasteiger partial charge in [-0.15, -0.1) is 10.2 Å². The van der Waals surface area contributed by atoms with Crippen molar-refractivity contribution in [3.63, 3.8) is 0 Å². The summed E-state index contributed by atoms with van der Waals surface area (Å²) in [5.74, 6) is 1.69. The molecule has 0 unspecified atom stereocenters. The van der Waals surface area contributed by atoms with Crippen LogP contribution in [0, 0.1) is 6.92 Å². The Bertz CT molecular complexity index is 436. The molecule has 5 nitrogen and oxygen atoms in total. The fourth-order valence-corrected chi connectivity index (χ4v) is 1.16. The summed E-state index contributed by atoms with van der Waals surface area (Å²) in [6.45, 7) is 4.29. The van der Waals surface area contributed by atoms with Gasteiger partial charge in [-0.2, -0.15) is 0 Å². The van der Waals surface area contributed by atoms with Crippen LogP contribution < -0.4 is 4.74 Å². The van der Waals surface area contributed by atoms with Gasteiger partial charge >= 0.3 is 0 Å². The fourth-order valence-electron chi connectivity index (χ4n) is 1.16. The second-order valence-electron chi connectivity index (χ2n) is 2.94. The number of ether oxygens (including phenoxy) is 1. The van der Waals surface area contributed by atoms with Crippen molar-refractivity contribution >= 4 is 0 Å². The minimum Gasteiger partial charge on any atom is -0.492 e. The zero-order chi connectivity index (χ0) is 10.7. The van der Waals surface area contributed by atoms with Gasteiger partial charge in [-0.25, -0.2) is 4.98 Å². The highest BCUT2D eigenvalue weighted by atomic mass is 16.5. The number of pyridine rings is 1. The molecule has 0 spiro atoms. The number of hydrogen-bond acceptors (Lipinski definition) is 5. The average molecular weight is 205 g/mol. The van der Waals surface area contributed by atoms with Gasteiger partial charge in [-0.05, 0) is 19.1 Å². The maximum Gasteiger partial charge on any atom is 0.266 e. The van der Waals surface area contributed by atoms with Gasteiger partial charge < -0.3 is 9.15 Å². The molecule has 2 heterocycles. The van der Waals surface area contributed by atoms with Crippen LogP contribution in [0.2, 0.25) is 0 Å². The summed E-state index contributed by atoms with van der Waals surface area (Å²) in [6.07, 6.45) is 1.64. The zero-order valence-corrected chi connectivity index (χ0v) is 8.60. The maximum absolute atomic E-state index is 5.27. The Morgan fingerprint density at radius 1 is 1.33 bits per heavy atom. The first-order chi connectivity index (χ1) is 7.29. The molecule has 0 atom stereocenters. The number of aromatic nitrogens is 3. The van der Waals surface area contributed by atoms with Crippen molar-refractivity contribution in [2.45, 2.75) is 13.8 Å². The monoisotopic (exact) mass is 205 g/mol. The van der Waals surface area contributed by atoms with Crippen LogP contribution in [-0.4, -0.2) is 21.8 Å². The molecule has 0 aliphatic carbocycles. The van der Waals surface area contributed by atoms with Crippen molar-refractivity contribution in [1.29, 1.82) is 0 Å². The van der Waals surface area contributed by atoms with E-state index in [1.165, 1.54) is 0 Å². The van der Waals surface area contributed by atoms with Crippen LogP contribution in [0.4, 0.5) is 0 Å². The molecule has 0 bridgehead atoms. The molecule has 0 fully saturated rings. The highest BCUT2D eigenvalue weighted by Crippen LogP contribution is 2.17. The van der Waals surface area contributed by atoms with E-state index in [0.29, 0.717) is 24.1 Å². The topological polar surface area (TPSA) is 61.0 Å². The Morgan fingerprint density at radius 2 is 2.20 bits per heavy atom. The Hall–Kier alpha value is -1.91. The third-order valence-corrected chi connectivity index (χ3v) is 1.79. The molecule has 0 amide bonds. The van der Waals surface area contributed by atoms with E-state index >= 15 is 0 Å². The van der Waals surface area contributed by atoms with E-state index in [1.54, 1.807) is 19.2 Å². The van der Waals surface area contributed by atoms with E-state index in [1.807, 2.05) is 13.0 Å². The van der Waals surface area contributed by atoms with Crippen LogP contribution in [0.15, 0.2) is 22.7 Å². The summed E-state index contributed by atoms with van der Waals surface area (Å²) in [5, 5.41) is 7.61. The van der Waals surface area contributed by atoms with Gasteiger partial charge in [-0.3, -0.25) is 0 Å². The lowest BCUT2D eigenvalue weighted by atomic mass is 10.3. The molecule has 2 rings (SSSR count). The summed E-state index contributed by atoms with van der Waals surface area (Å²) in [4.78, 5) is 4.16. The first kappa shape index (κ1) is 9.64. The molecule has 5 heteroatoms. The van der Waals surface area contributed by atoms with Crippen LogP contribution in [0.25, 0.3) is 11.6 Å². The molecule has 0 saturated carbocycles. The van der Waals surface area contributed by atoms with E-state index < -0.39 is 0 Å². The Kier molecular flexibility index (Phi) is 2.62. The van der Waals surface area contributed by atoms with Crippen LogP contribution in [0.3, 0.4) is 0 Å². The molecule has 0 N–H and O–H groups in total. The summed E-state index contributed by atoms with van der Waals surface area (Å²) < 4.78 is 10.5. The number of hydrogen-bond donors (Lipinski definition) is 0. The standard InChI is InChI=1S/C10H11N3O2/c1-3-14-8-4-5-9(11-6-8)10-13-12-7(2)15-10/h4-6H,3H2,1-2H3. The van der Waals surface area contributed by atoms with Gasteiger partial charge in [0.1, 0.15) is 11.4 Å². The molecule has 0 saturated heterocycles. The summed E-state index contributed by atoms with van der Waals surface area (Å²) >= 11 is 0. The Labute approximate surface area is 87.1 Å². The maximum atomic E-state index is 5.27. The second-order valence-corrected chi connectivity index (χ2v) is 2.94. The van der Waals surface area contributed by atoms with Crippen LogP contribution in [-0.2, 0) is 0 Å². The largest absolute Gasteiger partial charge is 0.492 e. The van der Waals surface area contributed by atoms with Gasteiger partial charge in [0.25, 0.3) is 5.89 Å². The van der Waals surface area contributed by atoms with E-state index in [-0.39, 0.29) is 0 Å². The quantitative estimate of drug-likeness (QED) is 0.765. The van der Waals surface area contributed by atoms with Crippen LogP contribution in [0.5, 0.6) is 5.75 Å². The molecule has 0 aliphatic rings. The fraction of sp³-hybridized carbons (Fsp3) is 0.300. The molecule has 2 aromatic rings. The van der Waals surface area contributed by atoms with Gasteiger partial charge in [0.15, 0.2) is 0 Å². The van der Waals surface area contributed by atoms with Crippen molar-refractivity contribution in [1.82, 2.24) is 15.2 Å². The Balaban J connectivity index is 2.23. The third-order valence-electron chi connectivity index (χ3n) is 1.79. The molecule has 15 heavy (non-hydrogen) atoms. The number of nitrogens with zero attached hydrogens (tertiary/aromatic N) is 3. The zero-order valence-electron chi connectivity index (χ0n) is 8.60. The van der Waals surface area contributed by atoms with Gasteiger partial charge in [0.2, 0.25) is 5.89 Å². The molecular formula is C10H11N3O2. The van der Waals surface area contributed by atoms with Crippen LogP contribution >= 0.6 is 0 Å².